The van der Waals surface area contributed by atoms with E-state index in [9.17, 15) is 4.79 Å². The third-order valence-corrected chi connectivity index (χ3v) is 5.07. The van der Waals surface area contributed by atoms with Gasteiger partial charge in [-0.3, -0.25) is 9.69 Å². The van der Waals surface area contributed by atoms with Crippen LogP contribution in [0, 0.1) is 13.8 Å². The number of methoxy groups -OCH3 is 1. The first kappa shape index (κ1) is 20.4. The summed E-state index contributed by atoms with van der Waals surface area (Å²) < 4.78 is 16.5. The summed E-state index contributed by atoms with van der Waals surface area (Å²) in [6.45, 7) is 7.97. The Bertz CT molecular complexity index is 783. The van der Waals surface area contributed by atoms with Crippen LogP contribution in [0.1, 0.15) is 34.6 Å². The molecule has 0 bridgehead atoms. The van der Waals surface area contributed by atoms with Crippen molar-refractivity contribution in [2.75, 3.05) is 40.0 Å². The summed E-state index contributed by atoms with van der Waals surface area (Å²) in [7, 11) is 1.69. The Hall–Kier alpha value is -2.38. The number of amides is 1. The third kappa shape index (κ3) is 5.33. The highest BCUT2D eigenvalue weighted by Gasteiger charge is 2.15. The lowest BCUT2D eigenvalue weighted by Crippen LogP contribution is -2.36. The highest BCUT2D eigenvalue weighted by Crippen LogP contribution is 2.26. The highest BCUT2D eigenvalue weighted by atomic mass is 16.5. The molecule has 0 radical (unpaired) electrons. The van der Waals surface area contributed by atoms with Gasteiger partial charge in [0.25, 0.3) is 0 Å². The number of nitrogens with zero attached hydrogens (tertiary/aromatic N) is 2. The summed E-state index contributed by atoms with van der Waals surface area (Å²) in [5.41, 5.74) is 4.29. The maximum Gasteiger partial charge on any atom is 0.221 e. The number of aromatic nitrogens is 1. The second-order valence-corrected chi connectivity index (χ2v) is 7.11. The average molecular weight is 387 g/mol. The van der Waals surface area contributed by atoms with E-state index in [1.807, 2.05) is 19.9 Å². The minimum atomic E-state index is 0.0735. The fraction of sp³-hybridized carbons (Fsp3) is 0.524. The van der Waals surface area contributed by atoms with E-state index < -0.39 is 0 Å². The Kier molecular flexibility index (Phi) is 7.06. The maximum atomic E-state index is 11.9. The Morgan fingerprint density at radius 1 is 1.25 bits per heavy atom. The molecule has 0 saturated carbocycles. The first-order valence-corrected chi connectivity index (χ1v) is 9.71. The molecular weight excluding hydrogens is 358 g/mol. The second-order valence-electron chi connectivity index (χ2n) is 7.11. The van der Waals surface area contributed by atoms with Crippen molar-refractivity contribution in [2.45, 2.75) is 33.2 Å². The largest absolute Gasteiger partial charge is 0.496 e. The summed E-state index contributed by atoms with van der Waals surface area (Å²) in [5, 5.41) is 6.93. The van der Waals surface area contributed by atoms with Gasteiger partial charge < -0.3 is 19.3 Å². The summed E-state index contributed by atoms with van der Waals surface area (Å²) >= 11 is 0. The standard InChI is InChI=1S/C21H29N3O4/c1-15-19(16(2)28-23-15)13-18-12-17(4-5-20(18)26-3)14-24-8-6-21(25)22-7-10-27-11-9-24/h4-5,12H,6-11,13-14H2,1-3H3,(H,22,25). The maximum absolute atomic E-state index is 11.9. The highest BCUT2D eigenvalue weighted by molar-refractivity contribution is 5.76. The van der Waals surface area contributed by atoms with Crippen LogP contribution in [-0.4, -0.2) is 55.9 Å². The molecule has 1 aliphatic heterocycles. The van der Waals surface area contributed by atoms with Gasteiger partial charge in [-0.15, -0.1) is 0 Å². The normalized spacial score (nSPS) is 16.6. The van der Waals surface area contributed by atoms with E-state index in [1.54, 1.807) is 7.11 Å². The van der Waals surface area contributed by atoms with Crippen molar-refractivity contribution in [1.29, 1.82) is 0 Å². The van der Waals surface area contributed by atoms with Crippen LogP contribution in [0.15, 0.2) is 22.7 Å². The van der Waals surface area contributed by atoms with Crippen LogP contribution in [-0.2, 0) is 22.5 Å². The minimum absolute atomic E-state index is 0.0735. The van der Waals surface area contributed by atoms with E-state index in [0.29, 0.717) is 39.1 Å². The molecule has 2 heterocycles. The Labute approximate surface area is 166 Å². The predicted molar refractivity (Wildman–Crippen MR) is 105 cm³/mol. The number of hydrogen-bond donors (Lipinski definition) is 1. The van der Waals surface area contributed by atoms with Gasteiger partial charge in [0.2, 0.25) is 5.91 Å². The number of carbonyl (C=O) groups excluding carboxylic acids is 1. The van der Waals surface area contributed by atoms with Crippen LogP contribution in [0.3, 0.4) is 0 Å². The zero-order chi connectivity index (χ0) is 19.9. The molecule has 3 rings (SSSR count). The molecule has 28 heavy (non-hydrogen) atoms. The van der Waals surface area contributed by atoms with Crippen molar-refractivity contribution in [3.05, 3.63) is 46.3 Å². The molecule has 1 aromatic carbocycles. The first-order chi connectivity index (χ1) is 13.6. The SMILES string of the molecule is COc1ccc(CN2CCOCCNC(=O)CC2)cc1Cc1c(C)noc1C. The van der Waals surface area contributed by atoms with E-state index in [2.05, 4.69) is 27.5 Å². The Morgan fingerprint density at radius 3 is 2.86 bits per heavy atom. The zero-order valence-corrected chi connectivity index (χ0v) is 16.9. The Balaban J connectivity index is 1.75. The number of rotatable bonds is 5. The van der Waals surface area contributed by atoms with Gasteiger partial charge in [0.1, 0.15) is 11.5 Å². The molecule has 152 valence electrons. The summed E-state index contributed by atoms with van der Waals surface area (Å²) in [6.07, 6.45) is 1.21. The second kappa shape index (κ2) is 9.71. The number of benzene rings is 1. The van der Waals surface area contributed by atoms with Gasteiger partial charge in [-0.2, -0.15) is 0 Å². The lowest BCUT2D eigenvalue weighted by Gasteiger charge is -2.24. The molecule has 0 unspecified atom stereocenters. The fourth-order valence-corrected chi connectivity index (χ4v) is 3.45. The molecule has 7 nitrogen and oxygen atoms in total. The fourth-order valence-electron chi connectivity index (χ4n) is 3.45. The van der Waals surface area contributed by atoms with Gasteiger partial charge in [-0.1, -0.05) is 17.3 Å². The van der Waals surface area contributed by atoms with E-state index in [-0.39, 0.29) is 5.91 Å². The van der Waals surface area contributed by atoms with Crippen molar-refractivity contribution in [3.63, 3.8) is 0 Å². The molecule has 1 aromatic heterocycles. The van der Waals surface area contributed by atoms with Gasteiger partial charge in [0.05, 0.1) is 26.0 Å². The molecule has 0 atom stereocenters. The molecular formula is C21H29N3O4. The lowest BCUT2D eigenvalue weighted by molar-refractivity contribution is -0.122. The number of aryl methyl sites for hydroxylation is 2. The van der Waals surface area contributed by atoms with Gasteiger partial charge in [-0.25, -0.2) is 0 Å². The van der Waals surface area contributed by atoms with Crippen LogP contribution >= 0.6 is 0 Å². The van der Waals surface area contributed by atoms with E-state index in [0.717, 1.165) is 41.4 Å². The van der Waals surface area contributed by atoms with Gasteiger partial charge >= 0.3 is 0 Å². The topological polar surface area (TPSA) is 76.8 Å². The van der Waals surface area contributed by atoms with Crippen LogP contribution < -0.4 is 10.1 Å². The zero-order valence-electron chi connectivity index (χ0n) is 16.9. The van der Waals surface area contributed by atoms with Crippen LogP contribution in [0.4, 0.5) is 0 Å². The van der Waals surface area contributed by atoms with Gasteiger partial charge in [0, 0.05) is 44.6 Å². The molecule has 2 aromatic rings. The van der Waals surface area contributed by atoms with Crippen LogP contribution in [0.25, 0.3) is 0 Å². The monoisotopic (exact) mass is 387 g/mol. The lowest BCUT2D eigenvalue weighted by atomic mass is 10.0. The number of nitrogens with one attached hydrogen (secondary N) is 1. The van der Waals surface area contributed by atoms with Gasteiger partial charge in [-0.05, 0) is 31.0 Å². The number of carbonyl (C=O) groups is 1. The number of ether oxygens (including phenoxy) is 2. The molecule has 1 fully saturated rings. The van der Waals surface area contributed by atoms with Gasteiger partial charge in [0.15, 0.2) is 0 Å². The van der Waals surface area contributed by atoms with Crippen molar-refractivity contribution in [2.24, 2.45) is 0 Å². The molecule has 0 spiro atoms. The third-order valence-electron chi connectivity index (χ3n) is 5.07. The van der Waals surface area contributed by atoms with E-state index in [4.69, 9.17) is 14.0 Å². The smallest absolute Gasteiger partial charge is 0.221 e. The molecule has 1 N–H and O–H groups in total. The molecule has 7 heteroatoms. The van der Waals surface area contributed by atoms with Crippen LogP contribution in [0.2, 0.25) is 0 Å². The quantitative estimate of drug-likeness (QED) is 0.848. The molecule has 1 amide bonds. The number of hydrogen-bond acceptors (Lipinski definition) is 6. The summed E-state index contributed by atoms with van der Waals surface area (Å²) in [6, 6.07) is 6.26. The van der Waals surface area contributed by atoms with Crippen molar-refractivity contribution >= 4 is 5.91 Å². The van der Waals surface area contributed by atoms with Crippen molar-refractivity contribution < 1.29 is 18.8 Å². The van der Waals surface area contributed by atoms with E-state index in [1.165, 1.54) is 5.56 Å². The molecule has 1 aliphatic rings. The first-order valence-electron chi connectivity index (χ1n) is 9.71. The molecule has 1 saturated heterocycles. The summed E-state index contributed by atoms with van der Waals surface area (Å²) in [5.74, 6) is 1.76. The van der Waals surface area contributed by atoms with Crippen LogP contribution in [0.5, 0.6) is 5.75 Å². The van der Waals surface area contributed by atoms with Crippen molar-refractivity contribution in [3.8, 4) is 5.75 Å². The van der Waals surface area contributed by atoms with Crippen molar-refractivity contribution in [1.82, 2.24) is 15.4 Å². The molecule has 0 aliphatic carbocycles. The average Bonchev–Trinajstić information content (AvgIpc) is 3.00. The van der Waals surface area contributed by atoms with E-state index >= 15 is 0 Å². The minimum Gasteiger partial charge on any atom is -0.496 e. The summed E-state index contributed by atoms with van der Waals surface area (Å²) in [4.78, 5) is 14.1. The Morgan fingerprint density at radius 2 is 2.11 bits per heavy atom. The predicted octanol–water partition coefficient (Wildman–Crippen LogP) is 2.23.